The van der Waals surface area contributed by atoms with Crippen LogP contribution in [-0.2, 0) is 4.79 Å². The highest BCUT2D eigenvalue weighted by Crippen LogP contribution is 2.07. The molecule has 4 nitrogen and oxygen atoms in total. The Kier molecular flexibility index (Phi) is 4.96. The maximum atomic E-state index is 11.6. The Bertz CT molecular complexity index is 478. The van der Waals surface area contributed by atoms with E-state index in [0.29, 0.717) is 6.54 Å². The van der Waals surface area contributed by atoms with Gasteiger partial charge in [-0.05, 0) is 25.0 Å². The third kappa shape index (κ3) is 4.74. The van der Waals surface area contributed by atoms with Gasteiger partial charge in [-0.2, -0.15) is 0 Å². The van der Waals surface area contributed by atoms with Crippen LogP contribution in [-0.4, -0.2) is 43.5 Å². The molecule has 1 fully saturated rings. The maximum Gasteiger partial charge on any atom is 0.300 e. The molecule has 0 saturated carbocycles. The van der Waals surface area contributed by atoms with Crippen LogP contribution in [0.15, 0.2) is 24.3 Å². The zero-order valence-corrected chi connectivity index (χ0v) is 11.2. The molecule has 1 amide bonds. The van der Waals surface area contributed by atoms with Crippen LogP contribution in [0, 0.1) is 18.8 Å². The summed E-state index contributed by atoms with van der Waals surface area (Å²) in [6.07, 6.45) is 0. The van der Waals surface area contributed by atoms with E-state index in [1.807, 2.05) is 31.2 Å². The quantitative estimate of drug-likeness (QED) is 0.772. The molecule has 1 aromatic carbocycles. The fourth-order valence-electron chi connectivity index (χ4n) is 1.90. The van der Waals surface area contributed by atoms with Crippen LogP contribution >= 0.6 is 0 Å². The first-order valence-electron chi connectivity index (χ1n) is 6.53. The van der Waals surface area contributed by atoms with Crippen LogP contribution in [0.1, 0.15) is 5.56 Å². The van der Waals surface area contributed by atoms with Crippen LogP contribution in [0.4, 0.5) is 5.69 Å². The number of hydrogen-bond donors (Lipinski definition) is 2. The zero-order chi connectivity index (χ0) is 13.5. The molecular weight excluding hydrogens is 238 g/mol. The van der Waals surface area contributed by atoms with E-state index in [9.17, 15) is 4.79 Å². The first-order chi connectivity index (χ1) is 9.24. The fraction of sp³-hybridized carbons (Fsp3) is 0.400. The van der Waals surface area contributed by atoms with Crippen LogP contribution in [0.2, 0.25) is 0 Å². The highest BCUT2D eigenvalue weighted by molar-refractivity contribution is 6.03. The Morgan fingerprint density at radius 1 is 1.32 bits per heavy atom. The highest BCUT2D eigenvalue weighted by Gasteiger charge is 2.06. The monoisotopic (exact) mass is 257 g/mol. The van der Waals surface area contributed by atoms with E-state index in [2.05, 4.69) is 27.4 Å². The number of amides is 1. The second-order valence-corrected chi connectivity index (χ2v) is 4.65. The van der Waals surface area contributed by atoms with Crippen molar-refractivity contribution in [3.05, 3.63) is 29.8 Å². The van der Waals surface area contributed by atoms with Gasteiger partial charge in [-0.3, -0.25) is 9.69 Å². The van der Waals surface area contributed by atoms with Crippen molar-refractivity contribution < 1.29 is 4.79 Å². The van der Waals surface area contributed by atoms with Gasteiger partial charge in [0.1, 0.15) is 0 Å². The van der Waals surface area contributed by atoms with Gasteiger partial charge in [0, 0.05) is 31.9 Å². The van der Waals surface area contributed by atoms with Gasteiger partial charge in [-0.25, -0.2) is 0 Å². The van der Waals surface area contributed by atoms with Crippen molar-refractivity contribution in [3.63, 3.8) is 0 Å². The number of rotatable bonds is 2. The number of aryl methyl sites for hydroxylation is 1. The van der Waals surface area contributed by atoms with Crippen molar-refractivity contribution >= 4 is 11.6 Å². The molecule has 0 aromatic heterocycles. The van der Waals surface area contributed by atoms with Gasteiger partial charge in [0.25, 0.3) is 5.91 Å². The van der Waals surface area contributed by atoms with Crippen molar-refractivity contribution in [2.75, 3.05) is 38.0 Å². The Morgan fingerprint density at radius 3 is 2.68 bits per heavy atom. The maximum absolute atomic E-state index is 11.6. The van der Waals surface area contributed by atoms with E-state index in [-0.39, 0.29) is 5.91 Å². The summed E-state index contributed by atoms with van der Waals surface area (Å²) < 4.78 is 0. The van der Waals surface area contributed by atoms with Gasteiger partial charge < -0.3 is 10.6 Å². The number of benzene rings is 1. The van der Waals surface area contributed by atoms with Crippen molar-refractivity contribution in [1.29, 1.82) is 0 Å². The number of carbonyl (C=O) groups is 1. The molecule has 0 spiro atoms. The Morgan fingerprint density at radius 2 is 2.00 bits per heavy atom. The normalized spacial score (nSPS) is 15.4. The standard InChI is InChI=1S/C15H19N3O/c1-13-4-6-14(7-5-13)17-15(19)3-2-10-18-11-8-16-9-12-18/h4-7,16H,8-12H2,1H3,(H,17,19). The van der Waals surface area contributed by atoms with Crippen molar-refractivity contribution in [2.45, 2.75) is 6.92 Å². The molecular formula is C15H19N3O. The molecule has 1 heterocycles. The van der Waals surface area contributed by atoms with Gasteiger partial charge in [0.15, 0.2) is 0 Å². The van der Waals surface area contributed by atoms with E-state index in [4.69, 9.17) is 0 Å². The van der Waals surface area contributed by atoms with Crippen molar-refractivity contribution in [2.24, 2.45) is 0 Å². The van der Waals surface area contributed by atoms with E-state index in [1.165, 1.54) is 5.56 Å². The van der Waals surface area contributed by atoms with Crippen LogP contribution in [0.5, 0.6) is 0 Å². The molecule has 0 atom stereocenters. The summed E-state index contributed by atoms with van der Waals surface area (Å²) in [5, 5.41) is 6.05. The second-order valence-electron chi connectivity index (χ2n) is 4.65. The van der Waals surface area contributed by atoms with Gasteiger partial charge in [-0.1, -0.05) is 23.6 Å². The van der Waals surface area contributed by atoms with Gasteiger partial charge in [0.05, 0.1) is 6.54 Å². The Balaban J connectivity index is 1.79. The largest absolute Gasteiger partial charge is 0.315 e. The summed E-state index contributed by atoms with van der Waals surface area (Å²) in [6, 6.07) is 7.68. The van der Waals surface area contributed by atoms with Gasteiger partial charge >= 0.3 is 0 Å². The molecule has 2 N–H and O–H groups in total. The number of piperazine rings is 1. The number of hydrogen-bond acceptors (Lipinski definition) is 3. The third-order valence-corrected chi connectivity index (χ3v) is 3.02. The summed E-state index contributed by atoms with van der Waals surface area (Å²) in [7, 11) is 0. The van der Waals surface area contributed by atoms with E-state index in [0.717, 1.165) is 31.9 Å². The number of nitrogens with one attached hydrogen (secondary N) is 2. The molecule has 100 valence electrons. The molecule has 0 bridgehead atoms. The highest BCUT2D eigenvalue weighted by atomic mass is 16.1. The SMILES string of the molecule is Cc1ccc(NC(=O)C#CCN2CCNCC2)cc1. The molecule has 19 heavy (non-hydrogen) atoms. The lowest BCUT2D eigenvalue weighted by molar-refractivity contribution is -0.111. The van der Waals surface area contributed by atoms with Crippen LogP contribution in [0.3, 0.4) is 0 Å². The molecule has 1 saturated heterocycles. The number of carbonyl (C=O) groups excluding carboxylic acids is 1. The van der Waals surface area contributed by atoms with Crippen molar-refractivity contribution in [1.82, 2.24) is 10.2 Å². The molecule has 1 aliphatic rings. The lowest BCUT2D eigenvalue weighted by Crippen LogP contribution is -2.43. The predicted molar refractivity (Wildman–Crippen MR) is 76.9 cm³/mol. The average Bonchev–Trinajstić information content (AvgIpc) is 2.43. The molecule has 2 rings (SSSR count). The zero-order valence-electron chi connectivity index (χ0n) is 11.2. The summed E-state index contributed by atoms with van der Waals surface area (Å²) in [4.78, 5) is 13.9. The predicted octanol–water partition coefficient (Wildman–Crippen LogP) is 0.842. The second kappa shape index (κ2) is 6.93. The first kappa shape index (κ1) is 13.6. The minimum atomic E-state index is -0.251. The van der Waals surface area contributed by atoms with E-state index < -0.39 is 0 Å². The summed E-state index contributed by atoms with van der Waals surface area (Å²) in [5.74, 6) is 5.30. The Hall–Kier alpha value is -1.83. The lowest BCUT2D eigenvalue weighted by Gasteiger charge is -2.24. The van der Waals surface area contributed by atoms with Crippen LogP contribution in [0.25, 0.3) is 0 Å². The van der Waals surface area contributed by atoms with Crippen LogP contribution < -0.4 is 10.6 Å². The van der Waals surface area contributed by atoms with E-state index in [1.54, 1.807) is 0 Å². The molecule has 4 heteroatoms. The molecule has 0 radical (unpaired) electrons. The first-order valence-corrected chi connectivity index (χ1v) is 6.53. The lowest BCUT2D eigenvalue weighted by atomic mass is 10.2. The van der Waals surface area contributed by atoms with Gasteiger partial charge in [0.2, 0.25) is 0 Å². The fourth-order valence-corrected chi connectivity index (χ4v) is 1.90. The number of anilines is 1. The summed E-state index contributed by atoms with van der Waals surface area (Å²) in [6.45, 7) is 6.65. The average molecular weight is 257 g/mol. The summed E-state index contributed by atoms with van der Waals surface area (Å²) in [5.41, 5.74) is 1.95. The molecule has 0 unspecified atom stereocenters. The minimum Gasteiger partial charge on any atom is -0.315 e. The third-order valence-electron chi connectivity index (χ3n) is 3.02. The Labute approximate surface area is 114 Å². The number of nitrogens with zero attached hydrogens (tertiary/aromatic N) is 1. The topological polar surface area (TPSA) is 44.4 Å². The molecule has 0 aliphatic carbocycles. The van der Waals surface area contributed by atoms with Gasteiger partial charge in [-0.15, -0.1) is 0 Å². The molecule has 1 aromatic rings. The van der Waals surface area contributed by atoms with Crippen molar-refractivity contribution in [3.8, 4) is 11.8 Å². The minimum absolute atomic E-state index is 0.251. The van der Waals surface area contributed by atoms with E-state index >= 15 is 0 Å². The smallest absolute Gasteiger partial charge is 0.300 e. The molecule has 1 aliphatic heterocycles. The summed E-state index contributed by atoms with van der Waals surface area (Å²) >= 11 is 0.